The number of hydrogen-bond donors (Lipinski definition) is 0. The average molecular weight is 288 g/mol. The smallest absolute Gasteiger partial charge is 0.370 e. The normalized spacial score (nSPS) is 26.3. The fraction of sp³-hybridized carbons (Fsp3) is 0.857. The molecule has 1 atom stereocenters. The molecule has 1 heterocycles. The molecule has 0 aromatic heterocycles. The molecular weight excluding hydrogens is 260 g/mol. The summed E-state index contributed by atoms with van der Waals surface area (Å²) in [4.78, 5) is 0. The molecule has 0 aromatic rings. The molecule has 1 rings (SSSR count). The molecule has 1 aliphatic rings. The standard InChI is InChI=1S/C14H28O4Si/c1-5-11-18-12-8-10-14(15-2)9-6-7-13-19(14,16-3)17-4/h5H,1,6-13H2,2-4H3. The van der Waals surface area contributed by atoms with E-state index in [9.17, 15) is 0 Å². The average Bonchev–Trinajstić information content (AvgIpc) is 2.47. The Morgan fingerprint density at radius 3 is 2.53 bits per heavy atom. The van der Waals surface area contributed by atoms with E-state index in [1.54, 1.807) is 27.4 Å². The molecule has 1 saturated heterocycles. The summed E-state index contributed by atoms with van der Waals surface area (Å²) in [5.41, 5.74) is 0. The van der Waals surface area contributed by atoms with Gasteiger partial charge in [0.05, 0.1) is 6.61 Å². The molecule has 0 bridgehead atoms. The Morgan fingerprint density at radius 2 is 1.95 bits per heavy atom. The Morgan fingerprint density at radius 1 is 1.21 bits per heavy atom. The molecule has 0 spiro atoms. The molecule has 1 fully saturated rings. The van der Waals surface area contributed by atoms with Gasteiger partial charge in [-0.3, -0.25) is 0 Å². The second-order valence-electron chi connectivity index (χ2n) is 5.03. The molecule has 19 heavy (non-hydrogen) atoms. The van der Waals surface area contributed by atoms with Gasteiger partial charge in [-0.25, -0.2) is 0 Å². The van der Waals surface area contributed by atoms with Gasteiger partial charge in [0, 0.05) is 27.9 Å². The van der Waals surface area contributed by atoms with Crippen LogP contribution < -0.4 is 0 Å². The zero-order valence-electron chi connectivity index (χ0n) is 12.6. The van der Waals surface area contributed by atoms with Gasteiger partial charge in [0.15, 0.2) is 0 Å². The van der Waals surface area contributed by atoms with Gasteiger partial charge >= 0.3 is 8.56 Å². The van der Waals surface area contributed by atoms with Crippen molar-refractivity contribution in [2.45, 2.75) is 43.4 Å². The number of hydrogen-bond acceptors (Lipinski definition) is 4. The molecule has 0 amide bonds. The molecule has 5 heteroatoms. The second kappa shape index (κ2) is 8.17. The van der Waals surface area contributed by atoms with Crippen molar-refractivity contribution < 1.29 is 18.3 Å². The molecule has 1 aliphatic heterocycles. The van der Waals surface area contributed by atoms with Gasteiger partial charge in [-0.15, -0.1) is 6.58 Å². The van der Waals surface area contributed by atoms with Crippen LogP contribution in [0.25, 0.3) is 0 Å². The number of ether oxygens (including phenoxy) is 2. The van der Waals surface area contributed by atoms with Crippen molar-refractivity contribution in [3.05, 3.63) is 12.7 Å². The van der Waals surface area contributed by atoms with Crippen LogP contribution in [0, 0.1) is 0 Å². The zero-order valence-corrected chi connectivity index (χ0v) is 13.6. The fourth-order valence-corrected chi connectivity index (χ4v) is 7.06. The zero-order chi connectivity index (χ0) is 14.2. The van der Waals surface area contributed by atoms with E-state index < -0.39 is 8.56 Å². The Balaban J connectivity index is 2.65. The molecule has 0 aromatic carbocycles. The van der Waals surface area contributed by atoms with Crippen LogP contribution >= 0.6 is 0 Å². The summed E-state index contributed by atoms with van der Waals surface area (Å²) in [6.07, 6.45) is 7.06. The van der Waals surface area contributed by atoms with Crippen molar-refractivity contribution in [3.63, 3.8) is 0 Å². The topological polar surface area (TPSA) is 36.9 Å². The van der Waals surface area contributed by atoms with Gasteiger partial charge in [0.25, 0.3) is 0 Å². The van der Waals surface area contributed by atoms with E-state index in [0.717, 1.165) is 31.9 Å². The van der Waals surface area contributed by atoms with Crippen molar-refractivity contribution in [3.8, 4) is 0 Å². The van der Waals surface area contributed by atoms with E-state index in [1.165, 1.54) is 12.8 Å². The Hall–Kier alpha value is -0.203. The molecule has 0 radical (unpaired) electrons. The molecule has 0 aliphatic carbocycles. The minimum Gasteiger partial charge on any atom is -0.396 e. The quantitative estimate of drug-likeness (QED) is 0.371. The van der Waals surface area contributed by atoms with Crippen LogP contribution in [0.2, 0.25) is 6.04 Å². The van der Waals surface area contributed by atoms with Crippen LogP contribution in [0.15, 0.2) is 12.7 Å². The first-order valence-electron chi connectivity index (χ1n) is 7.04. The van der Waals surface area contributed by atoms with Crippen LogP contribution in [-0.2, 0) is 18.3 Å². The van der Waals surface area contributed by atoms with E-state index in [0.29, 0.717) is 6.61 Å². The highest BCUT2D eigenvalue weighted by Gasteiger charge is 2.58. The Labute approximate surface area is 118 Å². The Kier molecular flexibility index (Phi) is 7.24. The highest BCUT2D eigenvalue weighted by atomic mass is 28.4. The lowest BCUT2D eigenvalue weighted by atomic mass is 10.1. The van der Waals surface area contributed by atoms with Crippen molar-refractivity contribution in [2.75, 3.05) is 34.5 Å². The third-order valence-corrected chi connectivity index (χ3v) is 8.61. The van der Waals surface area contributed by atoms with Gasteiger partial charge in [0.1, 0.15) is 5.22 Å². The van der Waals surface area contributed by atoms with Gasteiger partial charge in [-0.1, -0.05) is 18.9 Å². The molecule has 4 nitrogen and oxygen atoms in total. The highest BCUT2D eigenvalue weighted by molar-refractivity contribution is 6.70. The summed E-state index contributed by atoms with van der Waals surface area (Å²) in [7, 11) is 3.04. The first-order chi connectivity index (χ1) is 9.20. The predicted octanol–water partition coefficient (Wildman–Crippen LogP) is 2.81. The third kappa shape index (κ3) is 3.67. The maximum Gasteiger partial charge on any atom is 0.370 e. The van der Waals surface area contributed by atoms with E-state index in [2.05, 4.69) is 6.58 Å². The minimum atomic E-state index is -2.28. The molecule has 1 unspecified atom stereocenters. The van der Waals surface area contributed by atoms with E-state index >= 15 is 0 Å². The summed E-state index contributed by atoms with van der Waals surface area (Å²) in [5.74, 6) is 0. The number of methoxy groups -OCH3 is 1. The van der Waals surface area contributed by atoms with Crippen LogP contribution in [0.3, 0.4) is 0 Å². The van der Waals surface area contributed by atoms with E-state index in [4.69, 9.17) is 18.3 Å². The van der Waals surface area contributed by atoms with Crippen LogP contribution in [0.1, 0.15) is 32.1 Å². The second-order valence-corrected chi connectivity index (χ2v) is 8.77. The lowest BCUT2D eigenvalue weighted by molar-refractivity contribution is -0.0198. The van der Waals surface area contributed by atoms with Gasteiger partial charge < -0.3 is 18.3 Å². The lowest BCUT2D eigenvalue weighted by Crippen LogP contribution is -2.64. The minimum absolute atomic E-state index is 0.230. The first-order valence-corrected chi connectivity index (χ1v) is 9.07. The summed E-state index contributed by atoms with van der Waals surface area (Å²) >= 11 is 0. The maximum atomic E-state index is 5.92. The monoisotopic (exact) mass is 288 g/mol. The van der Waals surface area contributed by atoms with Crippen LogP contribution in [0.5, 0.6) is 0 Å². The largest absolute Gasteiger partial charge is 0.396 e. The summed E-state index contributed by atoms with van der Waals surface area (Å²) in [6, 6.07) is 1.02. The highest BCUT2D eigenvalue weighted by Crippen LogP contribution is 2.42. The molecule has 0 saturated carbocycles. The van der Waals surface area contributed by atoms with Crippen LogP contribution in [-0.4, -0.2) is 48.3 Å². The molecular formula is C14H28O4Si. The SMILES string of the molecule is C=CCOCCCC1(OC)CCCC[Si]1(OC)OC. The van der Waals surface area contributed by atoms with Crippen molar-refractivity contribution >= 4 is 8.56 Å². The maximum absolute atomic E-state index is 5.92. The first kappa shape index (κ1) is 16.9. The fourth-order valence-electron chi connectivity index (χ4n) is 3.15. The van der Waals surface area contributed by atoms with E-state index in [-0.39, 0.29) is 5.22 Å². The third-order valence-electron chi connectivity index (χ3n) is 4.19. The van der Waals surface area contributed by atoms with Crippen LogP contribution in [0.4, 0.5) is 0 Å². The van der Waals surface area contributed by atoms with E-state index in [1.807, 2.05) is 0 Å². The number of rotatable bonds is 9. The molecule has 112 valence electrons. The summed E-state index contributed by atoms with van der Waals surface area (Å²) in [6.45, 7) is 4.98. The van der Waals surface area contributed by atoms with Gasteiger partial charge in [-0.05, 0) is 25.3 Å². The van der Waals surface area contributed by atoms with Crippen molar-refractivity contribution in [1.82, 2.24) is 0 Å². The van der Waals surface area contributed by atoms with Gasteiger partial charge in [-0.2, -0.15) is 0 Å². The lowest BCUT2D eigenvalue weighted by Gasteiger charge is -2.48. The van der Waals surface area contributed by atoms with Gasteiger partial charge in [0.2, 0.25) is 0 Å². The summed E-state index contributed by atoms with van der Waals surface area (Å²) < 4.78 is 23.1. The predicted molar refractivity (Wildman–Crippen MR) is 78.4 cm³/mol. The Bertz CT molecular complexity index is 268. The van der Waals surface area contributed by atoms with Crippen molar-refractivity contribution in [2.24, 2.45) is 0 Å². The van der Waals surface area contributed by atoms with Crippen molar-refractivity contribution in [1.29, 1.82) is 0 Å². The molecule has 0 N–H and O–H groups in total. The summed E-state index contributed by atoms with van der Waals surface area (Å²) in [5, 5.41) is -0.230.